The lowest BCUT2D eigenvalue weighted by Gasteiger charge is -2.38. The van der Waals surface area contributed by atoms with E-state index in [1.807, 2.05) is 0 Å². The van der Waals surface area contributed by atoms with Crippen LogP contribution in [0.2, 0.25) is 0 Å². The maximum Gasteiger partial charge on any atom is 0.0280 e. The SMILES string of the molecule is CCCCC(CC)CC1(CCl)CCCCC1. The zero-order valence-electron chi connectivity index (χ0n) is 11.2. The molecule has 0 aromatic carbocycles. The molecule has 0 aliphatic heterocycles. The number of halogens is 1. The maximum atomic E-state index is 6.27. The van der Waals surface area contributed by atoms with Crippen molar-refractivity contribution in [3.8, 4) is 0 Å². The van der Waals surface area contributed by atoms with Crippen molar-refractivity contribution in [2.75, 3.05) is 5.88 Å². The van der Waals surface area contributed by atoms with Gasteiger partial charge in [0.2, 0.25) is 0 Å². The van der Waals surface area contributed by atoms with Gasteiger partial charge in [-0.2, -0.15) is 0 Å². The molecule has 0 bridgehead atoms. The summed E-state index contributed by atoms with van der Waals surface area (Å²) < 4.78 is 0. The van der Waals surface area contributed by atoms with Crippen LogP contribution in [0.5, 0.6) is 0 Å². The fraction of sp³-hybridized carbons (Fsp3) is 1.00. The van der Waals surface area contributed by atoms with Crippen LogP contribution in [-0.4, -0.2) is 5.88 Å². The molecule has 0 aromatic rings. The Morgan fingerprint density at radius 1 is 1.12 bits per heavy atom. The lowest BCUT2D eigenvalue weighted by atomic mass is 9.69. The van der Waals surface area contributed by atoms with Crippen molar-refractivity contribution in [3.63, 3.8) is 0 Å². The minimum Gasteiger partial charge on any atom is -0.126 e. The molecule has 1 heteroatoms. The van der Waals surface area contributed by atoms with Gasteiger partial charge in [0.05, 0.1) is 0 Å². The monoisotopic (exact) mass is 244 g/mol. The highest BCUT2D eigenvalue weighted by atomic mass is 35.5. The topological polar surface area (TPSA) is 0 Å². The summed E-state index contributed by atoms with van der Waals surface area (Å²) in [5.74, 6) is 1.83. The normalized spacial score (nSPS) is 21.9. The van der Waals surface area contributed by atoms with Crippen LogP contribution in [-0.2, 0) is 0 Å². The molecule has 16 heavy (non-hydrogen) atoms. The number of rotatable bonds is 7. The third kappa shape index (κ3) is 4.28. The van der Waals surface area contributed by atoms with Gasteiger partial charge in [0, 0.05) is 5.88 Å². The van der Waals surface area contributed by atoms with E-state index in [0.29, 0.717) is 5.41 Å². The van der Waals surface area contributed by atoms with E-state index in [1.165, 1.54) is 64.2 Å². The van der Waals surface area contributed by atoms with Crippen molar-refractivity contribution >= 4 is 11.6 Å². The van der Waals surface area contributed by atoms with E-state index in [0.717, 1.165) is 11.8 Å². The van der Waals surface area contributed by atoms with Gasteiger partial charge in [-0.3, -0.25) is 0 Å². The van der Waals surface area contributed by atoms with Crippen LogP contribution in [0.4, 0.5) is 0 Å². The van der Waals surface area contributed by atoms with Crippen LogP contribution in [0.25, 0.3) is 0 Å². The molecule has 1 saturated carbocycles. The average molecular weight is 245 g/mol. The Bertz CT molecular complexity index is 170. The molecule has 0 spiro atoms. The summed E-state index contributed by atoms with van der Waals surface area (Å²) in [5.41, 5.74) is 0.508. The van der Waals surface area contributed by atoms with Crippen LogP contribution in [0.3, 0.4) is 0 Å². The second-order valence-electron chi connectivity index (χ2n) is 5.81. The van der Waals surface area contributed by atoms with E-state index in [-0.39, 0.29) is 0 Å². The molecule has 0 N–H and O–H groups in total. The summed E-state index contributed by atoms with van der Waals surface area (Å²) in [6.45, 7) is 4.65. The number of unbranched alkanes of at least 4 members (excludes halogenated alkanes) is 1. The van der Waals surface area contributed by atoms with Gasteiger partial charge in [0.25, 0.3) is 0 Å². The number of alkyl halides is 1. The average Bonchev–Trinajstić information content (AvgIpc) is 2.35. The van der Waals surface area contributed by atoms with Gasteiger partial charge >= 0.3 is 0 Å². The van der Waals surface area contributed by atoms with Crippen molar-refractivity contribution in [3.05, 3.63) is 0 Å². The molecule has 0 amide bonds. The lowest BCUT2D eigenvalue weighted by molar-refractivity contribution is 0.161. The fourth-order valence-corrected chi connectivity index (χ4v) is 3.63. The third-order valence-corrected chi connectivity index (χ3v) is 5.03. The quantitative estimate of drug-likeness (QED) is 0.498. The van der Waals surface area contributed by atoms with Gasteiger partial charge in [-0.25, -0.2) is 0 Å². The van der Waals surface area contributed by atoms with E-state index in [2.05, 4.69) is 13.8 Å². The minimum atomic E-state index is 0.508. The predicted molar refractivity (Wildman–Crippen MR) is 74.2 cm³/mol. The van der Waals surface area contributed by atoms with E-state index in [9.17, 15) is 0 Å². The molecule has 1 aliphatic rings. The second-order valence-corrected chi connectivity index (χ2v) is 6.08. The van der Waals surface area contributed by atoms with E-state index in [1.54, 1.807) is 0 Å². The molecule has 0 nitrogen and oxygen atoms in total. The first-order valence-electron chi connectivity index (χ1n) is 7.32. The molecular weight excluding hydrogens is 216 g/mol. The predicted octanol–water partition coefficient (Wildman–Crippen LogP) is 5.78. The first-order chi connectivity index (χ1) is 7.76. The smallest absolute Gasteiger partial charge is 0.0280 e. The minimum absolute atomic E-state index is 0.508. The molecule has 0 heterocycles. The highest BCUT2D eigenvalue weighted by Crippen LogP contribution is 2.43. The van der Waals surface area contributed by atoms with Crippen LogP contribution >= 0.6 is 11.6 Å². The first kappa shape index (κ1) is 14.4. The van der Waals surface area contributed by atoms with Gasteiger partial charge < -0.3 is 0 Å². The maximum absolute atomic E-state index is 6.27. The van der Waals surface area contributed by atoms with Crippen molar-refractivity contribution in [1.29, 1.82) is 0 Å². The Morgan fingerprint density at radius 3 is 2.31 bits per heavy atom. The lowest BCUT2D eigenvalue weighted by Crippen LogP contribution is -2.29. The Hall–Kier alpha value is 0.290. The zero-order chi connectivity index (χ0) is 11.9. The van der Waals surface area contributed by atoms with Gasteiger partial charge in [-0.05, 0) is 30.6 Å². The Balaban J connectivity index is 2.45. The summed E-state index contributed by atoms with van der Waals surface area (Å²) >= 11 is 6.27. The molecule has 0 radical (unpaired) electrons. The summed E-state index contributed by atoms with van der Waals surface area (Å²) in [6, 6.07) is 0. The molecule has 96 valence electrons. The Morgan fingerprint density at radius 2 is 1.81 bits per heavy atom. The van der Waals surface area contributed by atoms with Gasteiger partial charge in [-0.15, -0.1) is 11.6 Å². The molecule has 1 unspecified atom stereocenters. The molecule has 0 aromatic heterocycles. The summed E-state index contributed by atoms with van der Waals surface area (Å²) in [7, 11) is 0. The molecule has 1 fully saturated rings. The van der Waals surface area contributed by atoms with Gasteiger partial charge in [0.15, 0.2) is 0 Å². The Kier molecular flexibility index (Phi) is 6.80. The van der Waals surface area contributed by atoms with E-state index in [4.69, 9.17) is 11.6 Å². The highest BCUT2D eigenvalue weighted by Gasteiger charge is 2.32. The molecule has 1 aliphatic carbocycles. The standard InChI is InChI=1S/C15H29Cl/c1-3-5-9-14(4-2)12-15(13-16)10-7-6-8-11-15/h14H,3-13H2,1-2H3. The molecule has 0 saturated heterocycles. The molecular formula is C15H29Cl. The zero-order valence-corrected chi connectivity index (χ0v) is 12.0. The van der Waals surface area contributed by atoms with Crippen molar-refractivity contribution < 1.29 is 0 Å². The largest absolute Gasteiger partial charge is 0.126 e. The Labute approximate surface area is 107 Å². The van der Waals surface area contributed by atoms with Crippen molar-refractivity contribution in [2.45, 2.75) is 78.1 Å². The highest BCUT2D eigenvalue weighted by molar-refractivity contribution is 6.18. The summed E-state index contributed by atoms with van der Waals surface area (Å²) in [5, 5.41) is 0. The second kappa shape index (κ2) is 7.58. The van der Waals surface area contributed by atoms with Crippen LogP contribution in [0.15, 0.2) is 0 Å². The van der Waals surface area contributed by atoms with Gasteiger partial charge in [0.1, 0.15) is 0 Å². The van der Waals surface area contributed by atoms with Gasteiger partial charge in [-0.1, -0.05) is 58.8 Å². The summed E-state index contributed by atoms with van der Waals surface area (Å²) in [4.78, 5) is 0. The van der Waals surface area contributed by atoms with E-state index >= 15 is 0 Å². The molecule has 1 atom stereocenters. The fourth-order valence-electron chi connectivity index (χ4n) is 3.25. The summed E-state index contributed by atoms with van der Waals surface area (Å²) in [6.07, 6.45) is 13.9. The van der Waals surface area contributed by atoms with Crippen molar-refractivity contribution in [1.82, 2.24) is 0 Å². The third-order valence-electron chi connectivity index (χ3n) is 4.46. The van der Waals surface area contributed by atoms with Crippen LogP contribution < -0.4 is 0 Å². The molecule has 1 rings (SSSR count). The van der Waals surface area contributed by atoms with E-state index < -0.39 is 0 Å². The first-order valence-corrected chi connectivity index (χ1v) is 7.85. The van der Waals surface area contributed by atoms with Crippen LogP contribution in [0.1, 0.15) is 78.1 Å². The number of hydrogen-bond donors (Lipinski definition) is 0. The van der Waals surface area contributed by atoms with Crippen molar-refractivity contribution in [2.24, 2.45) is 11.3 Å². The van der Waals surface area contributed by atoms with Crippen LogP contribution in [0, 0.1) is 11.3 Å². The number of hydrogen-bond acceptors (Lipinski definition) is 0.